The Morgan fingerprint density at radius 1 is 1.30 bits per heavy atom. The molecule has 0 atom stereocenters. The summed E-state index contributed by atoms with van der Waals surface area (Å²) in [4.78, 5) is 23.0. The molecule has 2 heterocycles. The quantitative estimate of drug-likeness (QED) is 0.671. The number of nitrogens with one attached hydrogen (secondary N) is 1. The molecule has 0 unspecified atom stereocenters. The summed E-state index contributed by atoms with van der Waals surface area (Å²) < 4.78 is 27.6. The second kappa shape index (κ2) is 8.37. The fourth-order valence-corrected chi connectivity index (χ4v) is 3.90. The van der Waals surface area contributed by atoms with Crippen molar-refractivity contribution >= 4 is 34.2 Å². The van der Waals surface area contributed by atoms with Gasteiger partial charge in [0.2, 0.25) is 0 Å². The van der Waals surface area contributed by atoms with E-state index in [9.17, 15) is 13.6 Å². The summed E-state index contributed by atoms with van der Waals surface area (Å²) in [5.41, 5.74) is 7.09. The maximum absolute atomic E-state index is 13.8. The predicted molar refractivity (Wildman–Crippen MR) is 117 cm³/mol. The van der Waals surface area contributed by atoms with Gasteiger partial charge in [0.1, 0.15) is 11.5 Å². The Bertz CT molecular complexity index is 945. The average Bonchev–Trinajstić information content (AvgIpc) is 3.00. The number of nitrogens with two attached hydrogens (primary N) is 1. The molecule has 6 nitrogen and oxygen atoms in total. The molecule has 1 aromatic carbocycles. The summed E-state index contributed by atoms with van der Waals surface area (Å²) in [5.74, 6) is -1.49. The third kappa shape index (κ3) is 5.19. The summed E-state index contributed by atoms with van der Waals surface area (Å²) in [7, 11) is 0. The van der Waals surface area contributed by atoms with E-state index in [1.807, 2.05) is 45.0 Å². The van der Waals surface area contributed by atoms with Gasteiger partial charge in [-0.3, -0.25) is 4.79 Å². The molecule has 1 fully saturated rings. The average molecular weight is 436 g/mol. The Kier molecular flexibility index (Phi) is 6.21. The number of nitrogens with zero attached hydrogens (tertiary/aromatic N) is 3. The summed E-state index contributed by atoms with van der Waals surface area (Å²) in [5, 5.41) is 3.22. The normalized spacial score (nSPS) is 16.0. The number of aromatic nitrogens is 2. The van der Waals surface area contributed by atoms with Crippen LogP contribution in [0.5, 0.6) is 0 Å². The van der Waals surface area contributed by atoms with Gasteiger partial charge in [0.05, 0.1) is 6.54 Å². The lowest BCUT2D eigenvalue weighted by Gasteiger charge is -2.25. The molecule has 3 rings (SSSR count). The number of rotatable bonds is 5. The molecule has 1 saturated heterocycles. The molecule has 0 aliphatic carbocycles. The summed E-state index contributed by atoms with van der Waals surface area (Å²) in [6.07, 6.45) is -0.223. The van der Waals surface area contributed by atoms with Gasteiger partial charge in [-0.2, -0.15) is 0 Å². The first-order valence-corrected chi connectivity index (χ1v) is 10.6. The van der Waals surface area contributed by atoms with Gasteiger partial charge in [-0.1, -0.05) is 50.7 Å². The first-order valence-electron chi connectivity index (χ1n) is 9.77. The van der Waals surface area contributed by atoms with E-state index in [0.717, 1.165) is 22.2 Å². The molecular weight excluding hydrogens is 408 g/mol. The van der Waals surface area contributed by atoms with Crippen molar-refractivity contribution in [2.75, 3.05) is 29.0 Å². The number of anilines is 3. The van der Waals surface area contributed by atoms with Gasteiger partial charge in [0, 0.05) is 36.7 Å². The van der Waals surface area contributed by atoms with Gasteiger partial charge in [-0.05, 0) is 11.6 Å². The summed E-state index contributed by atoms with van der Waals surface area (Å²) in [6, 6.07) is 7.56. The van der Waals surface area contributed by atoms with Gasteiger partial charge in [0.25, 0.3) is 5.92 Å². The minimum atomic E-state index is -2.75. The number of alkyl halides is 2. The smallest absolute Gasteiger partial charge is 0.266 e. The van der Waals surface area contributed by atoms with E-state index in [-0.39, 0.29) is 29.2 Å². The number of benzene rings is 1. The number of thioether (sulfide) groups is 1. The van der Waals surface area contributed by atoms with Crippen molar-refractivity contribution in [1.29, 1.82) is 0 Å². The molecular formula is C21H27F2N5OS. The zero-order valence-electron chi connectivity index (χ0n) is 17.6. The largest absolute Gasteiger partial charge is 0.393 e. The fourth-order valence-electron chi connectivity index (χ4n) is 3.17. The molecule has 0 saturated carbocycles. The van der Waals surface area contributed by atoms with E-state index in [1.54, 1.807) is 0 Å². The zero-order valence-corrected chi connectivity index (χ0v) is 18.4. The fraction of sp³-hybridized carbons (Fsp3) is 0.476. The molecule has 30 heavy (non-hydrogen) atoms. The third-order valence-electron chi connectivity index (χ3n) is 4.74. The zero-order chi connectivity index (χ0) is 22.1. The van der Waals surface area contributed by atoms with E-state index in [1.165, 1.54) is 11.8 Å². The van der Waals surface area contributed by atoms with Crippen LogP contribution in [0.2, 0.25) is 0 Å². The summed E-state index contributed by atoms with van der Waals surface area (Å²) >= 11 is 1.16. The lowest BCUT2D eigenvalue weighted by molar-refractivity contribution is -0.109. The van der Waals surface area contributed by atoms with Crippen molar-refractivity contribution in [2.24, 2.45) is 0 Å². The highest BCUT2D eigenvalue weighted by atomic mass is 32.2. The Morgan fingerprint density at radius 3 is 2.60 bits per heavy atom. The van der Waals surface area contributed by atoms with Crippen molar-refractivity contribution in [1.82, 2.24) is 9.97 Å². The number of carbonyl (C=O) groups is 1. The molecule has 2 aromatic rings. The second-order valence-corrected chi connectivity index (χ2v) is 9.68. The van der Waals surface area contributed by atoms with Crippen molar-refractivity contribution < 1.29 is 13.6 Å². The van der Waals surface area contributed by atoms with E-state index in [2.05, 4.69) is 15.3 Å². The first-order chi connectivity index (χ1) is 14.0. The van der Waals surface area contributed by atoms with Crippen LogP contribution >= 0.6 is 11.8 Å². The van der Waals surface area contributed by atoms with Gasteiger partial charge < -0.3 is 16.0 Å². The maximum atomic E-state index is 13.8. The molecule has 0 bridgehead atoms. The number of hydrogen-bond acceptors (Lipinski definition) is 7. The van der Waals surface area contributed by atoms with E-state index < -0.39 is 12.5 Å². The number of hydrogen-bond donors (Lipinski definition) is 2. The Hall–Kier alpha value is -2.42. The van der Waals surface area contributed by atoms with Gasteiger partial charge in [-0.15, -0.1) is 0 Å². The van der Waals surface area contributed by atoms with Crippen LogP contribution in [0.25, 0.3) is 0 Å². The lowest BCUT2D eigenvalue weighted by atomic mass is 9.95. The predicted octanol–water partition coefficient (Wildman–Crippen LogP) is 4.45. The Balaban J connectivity index is 1.93. The van der Waals surface area contributed by atoms with Crippen LogP contribution in [0.15, 0.2) is 29.2 Å². The summed E-state index contributed by atoms with van der Waals surface area (Å²) in [6.45, 7) is 7.57. The van der Waals surface area contributed by atoms with Crippen LogP contribution in [0.1, 0.15) is 45.5 Å². The van der Waals surface area contributed by atoms with Crippen LogP contribution in [0.4, 0.5) is 26.1 Å². The highest BCUT2D eigenvalue weighted by molar-refractivity contribution is 8.13. The minimum Gasteiger partial charge on any atom is -0.393 e. The molecule has 1 aliphatic rings. The molecule has 1 aliphatic heterocycles. The van der Waals surface area contributed by atoms with Gasteiger partial charge in [-0.25, -0.2) is 18.7 Å². The van der Waals surface area contributed by atoms with Crippen molar-refractivity contribution in [3.63, 3.8) is 0 Å². The van der Waals surface area contributed by atoms with Crippen molar-refractivity contribution in [3.8, 4) is 0 Å². The monoisotopic (exact) mass is 435 g/mol. The van der Waals surface area contributed by atoms with E-state index in [0.29, 0.717) is 24.0 Å². The van der Waals surface area contributed by atoms with E-state index >= 15 is 0 Å². The molecule has 0 amide bonds. The van der Waals surface area contributed by atoms with E-state index in [4.69, 9.17) is 5.73 Å². The Labute approximate surface area is 179 Å². The van der Waals surface area contributed by atoms with Gasteiger partial charge >= 0.3 is 0 Å². The molecule has 3 N–H and O–H groups in total. The third-order valence-corrected chi connectivity index (χ3v) is 5.64. The standard InChI is InChI=1S/C21H27F2N5OS/c1-13(29)30-15-8-6-5-7-14(15)11-25-17-16(24)18(27-19(26-17)20(2,3)4)28-10-9-21(22,23)12-28/h5-8H,9-12,24H2,1-4H3,(H,25,26,27). The molecule has 162 valence electrons. The second-order valence-electron chi connectivity index (χ2n) is 8.47. The SMILES string of the molecule is CC(=O)Sc1ccccc1CNc1nc(C(C)(C)C)nc(N2CCC(F)(F)C2)c1N. The number of nitrogen functional groups attached to an aromatic ring is 1. The topological polar surface area (TPSA) is 84.1 Å². The maximum Gasteiger partial charge on any atom is 0.266 e. The van der Waals surface area contributed by atoms with Crippen LogP contribution in [-0.4, -0.2) is 34.1 Å². The van der Waals surface area contributed by atoms with Crippen LogP contribution in [-0.2, 0) is 16.8 Å². The molecule has 0 spiro atoms. The number of carbonyl (C=O) groups excluding carboxylic acids is 1. The first kappa shape index (κ1) is 22.3. The van der Waals surface area contributed by atoms with Crippen LogP contribution in [0, 0.1) is 0 Å². The highest BCUT2D eigenvalue weighted by Crippen LogP contribution is 2.37. The van der Waals surface area contributed by atoms with Crippen LogP contribution < -0.4 is 16.0 Å². The lowest BCUT2D eigenvalue weighted by Crippen LogP contribution is -2.28. The van der Waals surface area contributed by atoms with Gasteiger partial charge in [0.15, 0.2) is 16.8 Å². The molecule has 9 heteroatoms. The highest BCUT2D eigenvalue weighted by Gasteiger charge is 2.40. The number of halogens is 2. The molecule has 1 aromatic heterocycles. The minimum absolute atomic E-state index is 0.00346. The Morgan fingerprint density at radius 2 is 2.00 bits per heavy atom. The van der Waals surface area contributed by atoms with Crippen LogP contribution in [0.3, 0.4) is 0 Å². The van der Waals surface area contributed by atoms with Crippen molar-refractivity contribution in [3.05, 3.63) is 35.7 Å². The molecule has 0 radical (unpaired) electrons. The van der Waals surface area contributed by atoms with Crippen molar-refractivity contribution in [2.45, 2.75) is 56.9 Å².